The number of H-pyrrole nitrogens is 1. The molecule has 1 amide bonds. The van der Waals surface area contributed by atoms with Crippen molar-refractivity contribution in [2.24, 2.45) is 0 Å². The fourth-order valence-corrected chi connectivity index (χ4v) is 3.47. The number of carbonyl (C=O) groups excluding carboxylic acids is 1. The molecule has 4 rings (SSSR count). The van der Waals surface area contributed by atoms with Crippen LogP contribution in [0.25, 0.3) is 11.0 Å². The number of para-hydroxylation sites is 2. The molecule has 1 saturated heterocycles. The van der Waals surface area contributed by atoms with Crippen LogP contribution in [0.4, 0.5) is 0 Å². The molecular formula is C18H21N5O. The van der Waals surface area contributed by atoms with Gasteiger partial charge in [0, 0.05) is 19.3 Å². The molecule has 1 aliphatic heterocycles. The second kappa shape index (κ2) is 5.78. The molecule has 124 valence electrons. The zero-order chi connectivity index (χ0) is 16.7. The molecule has 1 fully saturated rings. The largest absolute Gasteiger partial charge is 0.340 e. The molecule has 0 aliphatic carbocycles. The average Bonchev–Trinajstić information content (AvgIpc) is 3.30. The first-order valence-electron chi connectivity index (χ1n) is 8.47. The number of hydrogen-bond acceptors (Lipinski definition) is 3. The van der Waals surface area contributed by atoms with Gasteiger partial charge in [0.15, 0.2) is 0 Å². The molecule has 3 aromatic rings. The van der Waals surface area contributed by atoms with E-state index in [0.717, 1.165) is 48.5 Å². The van der Waals surface area contributed by atoms with Gasteiger partial charge in [-0.3, -0.25) is 9.48 Å². The summed E-state index contributed by atoms with van der Waals surface area (Å²) in [5.41, 5.74) is 3.44. The number of nitrogens with zero attached hydrogens (tertiary/aromatic N) is 4. The number of aromatic amines is 1. The first kappa shape index (κ1) is 14.9. The summed E-state index contributed by atoms with van der Waals surface area (Å²) in [5, 5.41) is 4.40. The number of carbonyl (C=O) groups is 1. The van der Waals surface area contributed by atoms with Gasteiger partial charge in [-0.2, -0.15) is 5.10 Å². The van der Waals surface area contributed by atoms with Crippen molar-refractivity contribution in [2.75, 3.05) is 6.54 Å². The van der Waals surface area contributed by atoms with E-state index in [1.54, 1.807) is 0 Å². The smallest absolute Gasteiger partial charge is 0.257 e. The third kappa shape index (κ3) is 2.38. The molecule has 0 bridgehead atoms. The van der Waals surface area contributed by atoms with Gasteiger partial charge in [0.2, 0.25) is 0 Å². The van der Waals surface area contributed by atoms with Crippen LogP contribution in [0.1, 0.15) is 47.7 Å². The van der Waals surface area contributed by atoms with Gasteiger partial charge < -0.3 is 9.88 Å². The molecule has 0 spiro atoms. The number of benzene rings is 1. The minimum atomic E-state index is 0.00859. The summed E-state index contributed by atoms with van der Waals surface area (Å²) < 4.78 is 1.81. The zero-order valence-corrected chi connectivity index (χ0v) is 14.0. The molecule has 24 heavy (non-hydrogen) atoms. The maximum Gasteiger partial charge on any atom is 0.257 e. The van der Waals surface area contributed by atoms with Gasteiger partial charge >= 0.3 is 0 Å². The number of aromatic nitrogens is 4. The van der Waals surface area contributed by atoms with Gasteiger partial charge in [0.05, 0.1) is 28.3 Å². The number of fused-ring (bicyclic) bond motifs is 1. The quantitative estimate of drug-likeness (QED) is 0.805. The maximum absolute atomic E-state index is 13.0. The number of imidazole rings is 1. The van der Waals surface area contributed by atoms with Gasteiger partial charge in [-0.05, 0) is 38.8 Å². The highest BCUT2D eigenvalue weighted by atomic mass is 16.2. The van der Waals surface area contributed by atoms with Crippen molar-refractivity contribution in [3.63, 3.8) is 0 Å². The SMILES string of the molecule is CCn1cc(C(=O)N2CCCC2c2nc3ccccc3[nH]2)c(C)n1. The molecule has 0 radical (unpaired) electrons. The summed E-state index contributed by atoms with van der Waals surface area (Å²) >= 11 is 0. The van der Waals surface area contributed by atoms with E-state index in [-0.39, 0.29) is 11.9 Å². The third-order valence-electron chi connectivity index (χ3n) is 4.74. The number of aryl methyl sites for hydroxylation is 2. The summed E-state index contributed by atoms with van der Waals surface area (Å²) in [6.07, 6.45) is 3.78. The highest BCUT2D eigenvalue weighted by molar-refractivity contribution is 5.95. The summed E-state index contributed by atoms with van der Waals surface area (Å²) in [5.74, 6) is 0.928. The molecule has 1 unspecified atom stereocenters. The Morgan fingerprint density at radius 1 is 1.38 bits per heavy atom. The highest BCUT2D eigenvalue weighted by Crippen LogP contribution is 2.33. The average molecular weight is 323 g/mol. The molecule has 3 heterocycles. The minimum absolute atomic E-state index is 0.00859. The number of rotatable bonds is 3. The van der Waals surface area contributed by atoms with Gasteiger partial charge in [0.1, 0.15) is 5.82 Å². The minimum Gasteiger partial charge on any atom is -0.340 e. The van der Waals surface area contributed by atoms with E-state index in [4.69, 9.17) is 4.98 Å². The van der Waals surface area contributed by atoms with Gasteiger partial charge in [-0.25, -0.2) is 4.98 Å². The summed E-state index contributed by atoms with van der Waals surface area (Å²) in [6, 6.07) is 7.99. The van der Waals surface area contributed by atoms with E-state index >= 15 is 0 Å². The molecule has 1 aromatic carbocycles. The Bertz CT molecular complexity index is 861. The van der Waals surface area contributed by atoms with Crippen molar-refractivity contribution in [3.8, 4) is 0 Å². The molecule has 1 aliphatic rings. The summed E-state index contributed by atoms with van der Waals surface area (Å²) in [7, 11) is 0. The fraction of sp³-hybridized carbons (Fsp3) is 0.389. The van der Waals surface area contributed by atoms with Crippen LogP contribution in [0.5, 0.6) is 0 Å². The molecule has 0 saturated carbocycles. The van der Waals surface area contributed by atoms with Crippen molar-refractivity contribution < 1.29 is 4.79 Å². The van der Waals surface area contributed by atoms with Crippen molar-refractivity contribution in [1.82, 2.24) is 24.6 Å². The lowest BCUT2D eigenvalue weighted by Gasteiger charge is -2.22. The second-order valence-corrected chi connectivity index (χ2v) is 6.28. The molecule has 1 atom stereocenters. The van der Waals surface area contributed by atoms with Crippen LogP contribution in [0, 0.1) is 6.92 Å². The number of amides is 1. The second-order valence-electron chi connectivity index (χ2n) is 6.28. The van der Waals surface area contributed by atoms with Crippen LogP contribution in [0.3, 0.4) is 0 Å². The van der Waals surface area contributed by atoms with Gasteiger partial charge in [0.25, 0.3) is 5.91 Å². The van der Waals surface area contributed by atoms with Crippen molar-refractivity contribution in [3.05, 3.63) is 47.5 Å². The van der Waals surface area contributed by atoms with E-state index in [2.05, 4.69) is 10.1 Å². The Hall–Kier alpha value is -2.63. The zero-order valence-electron chi connectivity index (χ0n) is 14.0. The molecular weight excluding hydrogens is 302 g/mol. The monoisotopic (exact) mass is 323 g/mol. The normalized spacial score (nSPS) is 17.8. The number of hydrogen-bond donors (Lipinski definition) is 1. The first-order valence-corrected chi connectivity index (χ1v) is 8.47. The van der Waals surface area contributed by atoms with Crippen molar-refractivity contribution in [2.45, 2.75) is 39.3 Å². The van der Waals surface area contributed by atoms with Crippen LogP contribution in [-0.4, -0.2) is 37.1 Å². The Kier molecular flexibility index (Phi) is 3.59. The maximum atomic E-state index is 13.0. The molecule has 6 heteroatoms. The summed E-state index contributed by atoms with van der Waals surface area (Å²) in [4.78, 5) is 23.0. The Balaban J connectivity index is 1.66. The third-order valence-corrected chi connectivity index (χ3v) is 4.74. The topological polar surface area (TPSA) is 66.8 Å². The van der Waals surface area contributed by atoms with E-state index in [1.807, 2.05) is 53.9 Å². The Morgan fingerprint density at radius 3 is 2.96 bits per heavy atom. The van der Waals surface area contributed by atoms with E-state index in [9.17, 15) is 4.79 Å². The van der Waals surface area contributed by atoms with Crippen molar-refractivity contribution >= 4 is 16.9 Å². The van der Waals surface area contributed by atoms with Crippen LogP contribution in [0.15, 0.2) is 30.5 Å². The standard InChI is InChI=1S/C18H21N5O/c1-3-22-11-13(12(2)21-22)18(24)23-10-6-9-16(23)17-19-14-7-4-5-8-15(14)20-17/h4-5,7-8,11,16H,3,6,9-10H2,1-2H3,(H,19,20). The summed E-state index contributed by atoms with van der Waals surface area (Å²) in [6.45, 7) is 5.44. The van der Waals surface area contributed by atoms with E-state index in [0.29, 0.717) is 5.56 Å². The lowest BCUT2D eigenvalue weighted by molar-refractivity contribution is 0.0729. The lowest BCUT2D eigenvalue weighted by Crippen LogP contribution is -2.31. The van der Waals surface area contributed by atoms with Crippen LogP contribution < -0.4 is 0 Å². The van der Waals surface area contributed by atoms with Gasteiger partial charge in [-0.15, -0.1) is 0 Å². The fourth-order valence-electron chi connectivity index (χ4n) is 3.47. The highest BCUT2D eigenvalue weighted by Gasteiger charge is 2.33. The lowest BCUT2D eigenvalue weighted by atomic mass is 10.2. The molecule has 1 N–H and O–H groups in total. The van der Waals surface area contributed by atoms with Crippen LogP contribution in [-0.2, 0) is 6.54 Å². The van der Waals surface area contributed by atoms with Gasteiger partial charge in [-0.1, -0.05) is 12.1 Å². The number of likely N-dealkylation sites (tertiary alicyclic amines) is 1. The van der Waals surface area contributed by atoms with Crippen LogP contribution in [0.2, 0.25) is 0 Å². The predicted molar refractivity (Wildman–Crippen MR) is 91.7 cm³/mol. The van der Waals surface area contributed by atoms with E-state index < -0.39 is 0 Å². The van der Waals surface area contributed by atoms with Crippen molar-refractivity contribution in [1.29, 1.82) is 0 Å². The Morgan fingerprint density at radius 2 is 2.21 bits per heavy atom. The number of nitrogens with one attached hydrogen (secondary N) is 1. The Labute approximate surface area is 140 Å². The molecule has 2 aromatic heterocycles. The molecule has 6 nitrogen and oxygen atoms in total. The van der Waals surface area contributed by atoms with Crippen LogP contribution >= 0.6 is 0 Å². The first-order chi connectivity index (χ1) is 11.7. The van der Waals surface area contributed by atoms with E-state index in [1.165, 1.54) is 0 Å². The predicted octanol–water partition coefficient (Wildman–Crippen LogP) is 3.07.